The van der Waals surface area contributed by atoms with Gasteiger partial charge in [-0.15, -0.1) is 0 Å². The normalized spacial score (nSPS) is 16.2. The van der Waals surface area contributed by atoms with E-state index in [2.05, 4.69) is 0 Å². The Morgan fingerprint density at radius 1 is 1.19 bits per heavy atom. The summed E-state index contributed by atoms with van der Waals surface area (Å²) in [5.74, 6) is 1.22. The summed E-state index contributed by atoms with van der Waals surface area (Å²) in [6, 6.07) is 11.1. The quantitative estimate of drug-likeness (QED) is 0.870. The molecule has 0 spiro atoms. The maximum Gasteiger partial charge on any atom is 0.223 e. The fourth-order valence-corrected chi connectivity index (χ4v) is 3.60. The second-order valence-electron chi connectivity index (χ2n) is 6.24. The van der Waals surface area contributed by atoms with E-state index in [9.17, 15) is 9.90 Å². The summed E-state index contributed by atoms with van der Waals surface area (Å²) in [6.45, 7) is 0.617. The number of ether oxygens (including phenoxy) is 2. The molecule has 0 bridgehead atoms. The molecule has 0 saturated heterocycles. The highest BCUT2D eigenvalue weighted by molar-refractivity contribution is 6.31. The Morgan fingerprint density at radius 3 is 2.58 bits per heavy atom. The molecule has 2 aromatic carbocycles. The van der Waals surface area contributed by atoms with Crippen LogP contribution in [0.3, 0.4) is 0 Å². The smallest absolute Gasteiger partial charge is 0.223 e. The molecule has 0 unspecified atom stereocenters. The number of benzene rings is 2. The molecule has 5 nitrogen and oxygen atoms in total. The molecule has 0 radical (unpaired) electrons. The fourth-order valence-electron chi connectivity index (χ4n) is 3.37. The van der Waals surface area contributed by atoms with Crippen molar-refractivity contribution in [1.82, 2.24) is 4.90 Å². The minimum atomic E-state index is -0.812. The van der Waals surface area contributed by atoms with Crippen molar-refractivity contribution in [2.45, 2.75) is 25.5 Å². The predicted molar refractivity (Wildman–Crippen MR) is 99.7 cm³/mol. The Bertz CT molecular complexity index is 808. The van der Waals surface area contributed by atoms with Crippen LogP contribution in [0.4, 0.5) is 0 Å². The Labute approximate surface area is 158 Å². The van der Waals surface area contributed by atoms with E-state index < -0.39 is 6.10 Å². The van der Waals surface area contributed by atoms with Gasteiger partial charge >= 0.3 is 0 Å². The van der Waals surface area contributed by atoms with Crippen molar-refractivity contribution in [3.8, 4) is 11.5 Å². The molecule has 0 fully saturated rings. The van der Waals surface area contributed by atoms with Gasteiger partial charge in [0.05, 0.1) is 20.8 Å². The van der Waals surface area contributed by atoms with Crippen LogP contribution in [-0.2, 0) is 17.8 Å². The van der Waals surface area contributed by atoms with Crippen molar-refractivity contribution in [3.05, 3.63) is 58.1 Å². The minimum absolute atomic E-state index is 0.0282. The van der Waals surface area contributed by atoms with E-state index in [4.69, 9.17) is 21.1 Å². The Balaban J connectivity index is 1.77. The number of hydrogen-bond acceptors (Lipinski definition) is 4. The standard InChI is InChI=1S/C20H22ClNO4/c1-25-17-8-9-18(26-2)20-14(17)11-22(12-16(20)23)19(24)10-7-13-5-3-4-6-15(13)21/h3-6,8-9,16,23H,7,10-12H2,1-2H3/t16-/m1/s1. The molecule has 3 rings (SSSR count). The highest BCUT2D eigenvalue weighted by Gasteiger charge is 2.31. The molecule has 1 aliphatic rings. The van der Waals surface area contributed by atoms with E-state index in [-0.39, 0.29) is 12.5 Å². The minimum Gasteiger partial charge on any atom is -0.496 e. The second kappa shape index (κ2) is 7.98. The van der Waals surface area contributed by atoms with Crippen LogP contribution in [0.2, 0.25) is 5.02 Å². The molecule has 1 atom stereocenters. The molecule has 1 aliphatic heterocycles. The molecule has 2 aromatic rings. The number of aliphatic hydroxyl groups excluding tert-OH is 1. The number of aliphatic hydroxyl groups is 1. The van der Waals surface area contributed by atoms with Crippen LogP contribution >= 0.6 is 11.6 Å². The van der Waals surface area contributed by atoms with Gasteiger partial charge < -0.3 is 19.5 Å². The van der Waals surface area contributed by atoms with Crippen LogP contribution < -0.4 is 9.47 Å². The van der Waals surface area contributed by atoms with Gasteiger partial charge in [-0.3, -0.25) is 4.79 Å². The first kappa shape index (κ1) is 18.5. The van der Waals surface area contributed by atoms with Crippen LogP contribution in [0.25, 0.3) is 0 Å². The van der Waals surface area contributed by atoms with Gasteiger partial charge in [0.1, 0.15) is 17.6 Å². The van der Waals surface area contributed by atoms with Gasteiger partial charge in [0.25, 0.3) is 0 Å². The summed E-state index contributed by atoms with van der Waals surface area (Å²) in [4.78, 5) is 14.4. The second-order valence-corrected chi connectivity index (χ2v) is 6.65. The summed E-state index contributed by atoms with van der Waals surface area (Å²) in [6.07, 6.45) is 0.0821. The maximum atomic E-state index is 12.7. The van der Waals surface area contributed by atoms with E-state index in [0.717, 1.165) is 11.1 Å². The van der Waals surface area contributed by atoms with Gasteiger partial charge in [0.2, 0.25) is 5.91 Å². The lowest BCUT2D eigenvalue weighted by Gasteiger charge is -2.34. The van der Waals surface area contributed by atoms with Gasteiger partial charge in [0.15, 0.2) is 0 Å². The van der Waals surface area contributed by atoms with Gasteiger partial charge in [-0.05, 0) is 30.2 Å². The number of rotatable bonds is 5. The topological polar surface area (TPSA) is 59.0 Å². The third kappa shape index (κ3) is 3.64. The van der Waals surface area contributed by atoms with Crippen molar-refractivity contribution >= 4 is 17.5 Å². The molecule has 138 valence electrons. The van der Waals surface area contributed by atoms with Crippen LogP contribution in [0.5, 0.6) is 11.5 Å². The van der Waals surface area contributed by atoms with Gasteiger partial charge in [-0.2, -0.15) is 0 Å². The third-order valence-electron chi connectivity index (χ3n) is 4.71. The van der Waals surface area contributed by atoms with E-state index >= 15 is 0 Å². The number of aryl methyl sites for hydroxylation is 1. The Morgan fingerprint density at radius 2 is 1.88 bits per heavy atom. The summed E-state index contributed by atoms with van der Waals surface area (Å²) in [5, 5.41) is 11.3. The highest BCUT2D eigenvalue weighted by atomic mass is 35.5. The van der Waals surface area contributed by atoms with Gasteiger partial charge in [-0.1, -0.05) is 29.8 Å². The first-order valence-corrected chi connectivity index (χ1v) is 8.86. The largest absolute Gasteiger partial charge is 0.496 e. The van der Waals surface area contributed by atoms with Crippen molar-refractivity contribution < 1.29 is 19.4 Å². The fraction of sp³-hybridized carbons (Fsp3) is 0.350. The highest BCUT2D eigenvalue weighted by Crippen LogP contribution is 2.39. The summed E-state index contributed by atoms with van der Waals surface area (Å²) < 4.78 is 10.8. The number of hydrogen-bond donors (Lipinski definition) is 1. The average Bonchev–Trinajstić information content (AvgIpc) is 2.66. The van der Waals surface area contributed by atoms with Crippen LogP contribution in [0.1, 0.15) is 29.2 Å². The zero-order valence-corrected chi connectivity index (χ0v) is 15.6. The van der Waals surface area contributed by atoms with Crippen molar-refractivity contribution in [2.24, 2.45) is 0 Å². The number of β-amino-alcohol motifs (C(OH)–C–C–N with tert-alkyl or cyclic N) is 1. The van der Waals surface area contributed by atoms with Gasteiger partial charge in [0, 0.05) is 29.1 Å². The van der Waals surface area contributed by atoms with Gasteiger partial charge in [-0.25, -0.2) is 0 Å². The molecule has 1 N–H and O–H groups in total. The molecule has 0 saturated carbocycles. The Hall–Kier alpha value is -2.24. The molecule has 1 heterocycles. The molecule has 26 heavy (non-hydrogen) atoms. The lowest BCUT2D eigenvalue weighted by molar-refractivity contribution is -0.134. The number of methoxy groups -OCH3 is 2. The average molecular weight is 376 g/mol. The molecule has 1 amide bonds. The molecule has 0 aromatic heterocycles. The number of halogens is 1. The third-order valence-corrected chi connectivity index (χ3v) is 5.08. The zero-order chi connectivity index (χ0) is 18.7. The van der Waals surface area contributed by atoms with E-state index in [1.54, 1.807) is 31.3 Å². The summed E-state index contributed by atoms with van der Waals surface area (Å²) >= 11 is 6.16. The molecular weight excluding hydrogens is 354 g/mol. The first-order valence-electron chi connectivity index (χ1n) is 8.48. The summed E-state index contributed by atoms with van der Waals surface area (Å²) in [5.41, 5.74) is 2.43. The number of nitrogens with zero attached hydrogens (tertiary/aromatic N) is 1. The van der Waals surface area contributed by atoms with Crippen molar-refractivity contribution in [1.29, 1.82) is 0 Å². The number of carbonyl (C=O) groups excluding carboxylic acids is 1. The lowest BCUT2D eigenvalue weighted by Crippen LogP contribution is -2.38. The van der Waals surface area contributed by atoms with E-state index in [0.29, 0.717) is 41.5 Å². The SMILES string of the molecule is COc1ccc(OC)c2c1CN(C(=O)CCc1ccccc1Cl)C[C@H]2O. The van der Waals surface area contributed by atoms with Crippen molar-refractivity contribution in [3.63, 3.8) is 0 Å². The number of amides is 1. The van der Waals surface area contributed by atoms with Crippen LogP contribution in [0, 0.1) is 0 Å². The molecule has 0 aliphatic carbocycles. The molecule has 6 heteroatoms. The predicted octanol–water partition coefficient (Wildman–Crippen LogP) is 3.37. The van der Waals surface area contributed by atoms with Crippen LogP contribution in [0.15, 0.2) is 36.4 Å². The number of carbonyl (C=O) groups is 1. The first-order chi connectivity index (χ1) is 12.5. The number of fused-ring (bicyclic) bond motifs is 1. The molecular formula is C20H22ClNO4. The monoisotopic (exact) mass is 375 g/mol. The maximum absolute atomic E-state index is 12.7. The van der Waals surface area contributed by atoms with E-state index in [1.807, 2.05) is 24.3 Å². The Kier molecular flexibility index (Phi) is 5.69. The van der Waals surface area contributed by atoms with Crippen LogP contribution in [-0.4, -0.2) is 36.7 Å². The summed E-state index contributed by atoms with van der Waals surface area (Å²) in [7, 11) is 3.14. The zero-order valence-electron chi connectivity index (χ0n) is 14.9. The van der Waals surface area contributed by atoms with E-state index in [1.165, 1.54) is 0 Å². The van der Waals surface area contributed by atoms with Crippen molar-refractivity contribution in [2.75, 3.05) is 20.8 Å². The lowest BCUT2D eigenvalue weighted by atomic mass is 9.94.